The van der Waals surface area contributed by atoms with Crippen LogP contribution in [0.3, 0.4) is 0 Å². The zero-order valence-electron chi connectivity index (χ0n) is 35.7. The van der Waals surface area contributed by atoms with Crippen LogP contribution in [0.15, 0.2) is 72.8 Å². The number of nitrogens with zero attached hydrogens (tertiary/aromatic N) is 2. The first kappa shape index (κ1) is 44.0. The number of aryl methyl sites for hydroxylation is 2. The van der Waals surface area contributed by atoms with E-state index in [0.29, 0.717) is 56.0 Å². The predicted molar refractivity (Wildman–Crippen MR) is 237 cm³/mol. The normalized spacial score (nSPS) is 12.3. The van der Waals surface area contributed by atoms with Crippen molar-refractivity contribution in [3.63, 3.8) is 0 Å². The van der Waals surface area contributed by atoms with Crippen LogP contribution >= 0.6 is 0 Å². The van der Waals surface area contributed by atoms with Crippen LogP contribution in [0.4, 0.5) is 34.1 Å². The Balaban J connectivity index is 2.06. The Morgan fingerprint density at radius 1 is 0.500 bits per heavy atom. The molecular weight excluding hydrogens is 737 g/mol. The molecule has 0 saturated heterocycles. The fourth-order valence-electron chi connectivity index (χ4n) is 9.04. The van der Waals surface area contributed by atoms with E-state index < -0.39 is 26.5 Å². The van der Waals surface area contributed by atoms with Crippen LogP contribution in [0.25, 0.3) is 11.1 Å². The summed E-state index contributed by atoms with van der Waals surface area (Å²) < 4.78 is 14.5. The van der Waals surface area contributed by atoms with Crippen molar-refractivity contribution >= 4 is 50.8 Å². The van der Waals surface area contributed by atoms with Gasteiger partial charge in [0.1, 0.15) is 11.5 Å². The van der Waals surface area contributed by atoms with Crippen LogP contribution in [0.5, 0.6) is 11.5 Å². The lowest BCUT2D eigenvalue weighted by atomic mass is 9.96. The third kappa shape index (κ3) is 8.96. The average Bonchev–Trinajstić information content (AvgIpc) is 3.10. The topological polar surface area (TPSA) is 129 Å². The number of nitrogens with one attached hydrogen (secondary N) is 2. The molecular formula is C44H62N4O6Si2. The molecule has 4 aromatic rings. The first-order valence-electron chi connectivity index (χ1n) is 19.9. The van der Waals surface area contributed by atoms with Crippen molar-refractivity contribution in [1.82, 2.24) is 0 Å². The summed E-state index contributed by atoms with van der Waals surface area (Å²) in [7, 11) is -4.75. The number of non-ortho nitro benzene ring substituents is 2. The molecule has 0 aliphatic carbocycles. The largest absolute Gasteiger partial charge is 0.542 e. The van der Waals surface area contributed by atoms with Gasteiger partial charge in [-0.2, -0.15) is 0 Å². The Bertz CT molecular complexity index is 1860. The first-order chi connectivity index (χ1) is 26.1. The fourth-order valence-corrected chi connectivity index (χ4v) is 19.7. The van der Waals surface area contributed by atoms with Crippen molar-refractivity contribution in [2.24, 2.45) is 0 Å². The highest BCUT2D eigenvalue weighted by atomic mass is 28.4. The zero-order valence-corrected chi connectivity index (χ0v) is 37.7. The van der Waals surface area contributed by atoms with Gasteiger partial charge in [-0.25, -0.2) is 0 Å². The van der Waals surface area contributed by atoms with Crippen molar-refractivity contribution in [1.29, 1.82) is 0 Å². The van der Waals surface area contributed by atoms with Crippen LogP contribution in [-0.2, 0) is 0 Å². The molecule has 2 N–H and O–H groups in total. The molecule has 0 fully saturated rings. The van der Waals surface area contributed by atoms with Gasteiger partial charge < -0.3 is 19.5 Å². The van der Waals surface area contributed by atoms with Gasteiger partial charge in [0.05, 0.1) is 21.2 Å². The highest BCUT2D eigenvalue weighted by Gasteiger charge is 2.48. The van der Waals surface area contributed by atoms with E-state index in [9.17, 15) is 20.2 Å². The number of anilines is 4. The number of hydrogen-bond acceptors (Lipinski definition) is 8. The van der Waals surface area contributed by atoms with Crippen molar-refractivity contribution in [2.75, 3.05) is 10.6 Å². The van der Waals surface area contributed by atoms with E-state index in [-0.39, 0.29) is 11.4 Å². The molecule has 10 nitrogen and oxygen atoms in total. The summed E-state index contributed by atoms with van der Waals surface area (Å²) in [6.07, 6.45) is 0. The Morgan fingerprint density at radius 2 is 0.804 bits per heavy atom. The van der Waals surface area contributed by atoms with E-state index in [1.807, 2.05) is 24.3 Å². The molecule has 0 radical (unpaired) electrons. The average molecular weight is 799 g/mol. The number of nitro groups is 2. The lowest BCUT2D eigenvalue weighted by Gasteiger charge is -2.43. The van der Waals surface area contributed by atoms with Gasteiger partial charge >= 0.3 is 0 Å². The number of rotatable bonds is 17. The maximum atomic E-state index is 11.8. The summed E-state index contributed by atoms with van der Waals surface area (Å²) in [6.45, 7) is 31.2. The van der Waals surface area contributed by atoms with Crippen molar-refractivity contribution in [3.05, 3.63) is 104 Å². The van der Waals surface area contributed by atoms with E-state index in [0.717, 1.165) is 33.8 Å². The minimum atomic E-state index is -2.38. The second-order valence-electron chi connectivity index (χ2n) is 17.0. The third-order valence-electron chi connectivity index (χ3n) is 11.6. The summed E-state index contributed by atoms with van der Waals surface area (Å²) in [6, 6.07) is 21.2. The molecule has 0 atom stereocenters. The molecule has 0 heterocycles. The molecule has 0 bridgehead atoms. The minimum absolute atomic E-state index is 0.0236. The van der Waals surface area contributed by atoms with Gasteiger partial charge in [0, 0.05) is 58.9 Å². The SMILES string of the molecule is Cc1cc(-c2cc(C)c(O[Si](C(C)C)(C(C)C)C(C)C)cc2Nc2cccc([N+](=O)[O-])c2)c(Nc2cccc([N+](=O)[O-])c2)cc1O[Si](C(C)C)(C(C)C)C(C)C. The Kier molecular flexibility index (Phi) is 13.9. The minimum Gasteiger partial charge on any atom is -0.542 e. The molecule has 0 aromatic heterocycles. The quantitative estimate of drug-likeness (QED) is 0.0614. The van der Waals surface area contributed by atoms with Gasteiger partial charge in [-0.15, -0.1) is 0 Å². The molecule has 0 spiro atoms. The van der Waals surface area contributed by atoms with Crippen molar-refractivity contribution in [3.8, 4) is 22.6 Å². The fraction of sp³-hybridized carbons (Fsp3) is 0.455. The third-order valence-corrected chi connectivity index (χ3v) is 23.6. The van der Waals surface area contributed by atoms with Crippen molar-refractivity contribution < 1.29 is 18.7 Å². The highest BCUT2D eigenvalue weighted by Crippen LogP contribution is 2.49. The summed E-state index contributed by atoms with van der Waals surface area (Å²) in [5, 5.41) is 30.7. The van der Waals surface area contributed by atoms with E-state index in [1.54, 1.807) is 12.1 Å². The second kappa shape index (κ2) is 17.6. The van der Waals surface area contributed by atoms with Crippen LogP contribution in [-0.4, -0.2) is 26.5 Å². The maximum Gasteiger partial charge on any atom is 0.271 e. The van der Waals surface area contributed by atoms with Crippen molar-refractivity contribution in [2.45, 2.75) is 130 Å². The van der Waals surface area contributed by atoms with E-state index >= 15 is 0 Å². The zero-order chi connectivity index (χ0) is 41.9. The molecule has 0 unspecified atom stereocenters. The first-order valence-corrected chi connectivity index (χ1v) is 24.1. The van der Waals surface area contributed by atoms with Crippen LogP contribution in [0.2, 0.25) is 33.2 Å². The molecule has 0 aliphatic heterocycles. The van der Waals surface area contributed by atoms with Gasteiger partial charge in [-0.05, 0) is 82.5 Å². The van der Waals surface area contributed by atoms with Gasteiger partial charge in [0.15, 0.2) is 0 Å². The van der Waals surface area contributed by atoms with Crippen LogP contribution < -0.4 is 19.5 Å². The van der Waals surface area contributed by atoms with Gasteiger partial charge in [-0.1, -0.05) is 95.2 Å². The number of nitro benzene ring substituents is 2. The Labute approximate surface area is 336 Å². The highest BCUT2D eigenvalue weighted by molar-refractivity contribution is 6.78. The van der Waals surface area contributed by atoms with E-state index in [1.165, 1.54) is 24.3 Å². The molecule has 56 heavy (non-hydrogen) atoms. The molecule has 4 rings (SSSR count). The van der Waals surface area contributed by atoms with Gasteiger partial charge in [0.25, 0.3) is 28.0 Å². The van der Waals surface area contributed by atoms with Crippen LogP contribution in [0, 0.1) is 34.1 Å². The summed E-state index contributed by atoms with van der Waals surface area (Å²) >= 11 is 0. The Morgan fingerprint density at radius 3 is 1.07 bits per heavy atom. The second-order valence-corrected chi connectivity index (χ2v) is 27.8. The monoisotopic (exact) mass is 798 g/mol. The summed E-state index contributed by atoms with van der Waals surface area (Å²) in [4.78, 5) is 22.8. The van der Waals surface area contributed by atoms with E-state index in [2.05, 4.69) is 120 Å². The standard InChI is InChI=1S/C44H62N4O6Si2/c1-27(2)55(28(3)4,29(5)6)53-43-25-41(45-35-17-15-19-37(23-35)47(49)50)39(21-33(43)13)40-22-34(14)44(54-56(30(7)8,31(9)10)32(11)12)26-42(40)46-36-18-16-20-38(24-36)48(51)52/h15-32,45-46H,1-14H3. The number of hydrogen-bond donors (Lipinski definition) is 2. The molecule has 0 aliphatic rings. The predicted octanol–water partition coefficient (Wildman–Crippen LogP) is 14.4. The molecule has 12 heteroatoms. The van der Waals surface area contributed by atoms with Crippen LogP contribution in [0.1, 0.15) is 94.2 Å². The maximum absolute atomic E-state index is 11.8. The summed E-state index contributed by atoms with van der Waals surface area (Å²) in [5.41, 5.74) is 8.09. The van der Waals surface area contributed by atoms with E-state index in [4.69, 9.17) is 8.85 Å². The lowest BCUT2D eigenvalue weighted by molar-refractivity contribution is -0.385. The number of benzene rings is 4. The Hall–Kier alpha value is -4.69. The lowest BCUT2D eigenvalue weighted by Crippen LogP contribution is -2.50. The van der Waals surface area contributed by atoms with Gasteiger partial charge in [-0.3, -0.25) is 20.2 Å². The molecule has 0 amide bonds. The molecule has 0 saturated carbocycles. The molecule has 4 aromatic carbocycles. The smallest absolute Gasteiger partial charge is 0.271 e. The van der Waals surface area contributed by atoms with Gasteiger partial charge in [0.2, 0.25) is 0 Å². The summed E-state index contributed by atoms with van der Waals surface area (Å²) in [5.74, 6) is 1.55. The molecule has 302 valence electrons.